The van der Waals surface area contributed by atoms with E-state index in [1.165, 1.54) is 27.8 Å². The molecule has 0 heterocycles. The van der Waals surface area contributed by atoms with E-state index in [4.69, 9.17) is 0 Å². The van der Waals surface area contributed by atoms with Crippen LogP contribution in [-0.4, -0.2) is 0 Å². The molecule has 2 aromatic carbocycles. The monoisotopic (exact) mass is 222 g/mol. The van der Waals surface area contributed by atoms with E-state index in [1.54, 1.807) is 0 Å². The second-order valence-electron chi connectivity index (χ2n) is 5.08. The first-order valence-electron chi connectivity index (χ1n) is 6.47. The van der Waals surface area contributed by atoms with Crippen LogP contribution in [0.25, 0.3) is 0 Å². The van der Waals surface area contributed by atoms with E-state index >= 15 is 0 Å². The standard InChI is InChI=1S/C17H18/c1-13-11-16-6-5-14-3-2-4-15(12-14)7-9-17(13)10-8-16/h2-4,8,10-12H,5-7,9H2,1H3. The Morgan fingerprint density at radius 2 is 1.35 bits per heavy atom. The molecular formula is C17H18. The van der Waals surface area contributed by atoms with Crippen molar-refractivity contribution in [1.29, 1.82) is 0 Å². The zero-order chi connectivity index (χ0) is 11.7. The van der Waals surface area contributed by atoms with Crippen LogP contribution < -0.4 is 0 Å². The van der Waals surface area contributed by atoms with Crippen LogP contribution in [0.4, 0.5) is 0 Å². The average Bonchev–Trinajstić information content (AvgIpc) is 2.38. The summed E-state index contributed by atoms with van der Waals surface area (Å²) in [7, 11) is 0. The Bertz CT molecular complexity index is 537. The van der Waals surface area contributed by atoms with Crippen LogP contribution >= 0.6 is 0 Å². The molecule has 0 nitrogen and oxygen atoms in total. The molecule has 0 unspecified atom stereocenters. The maximum atomic E-state index is 2.38. The Kier molecular flexibility index (Phi) is 2.72. The molecule has 2 aliphatic rings. The molecule has 0 atom stereocenters. The van der Waals surface area contributed by atoms with Gasteiger partial charge in [-0.15, -0.1) is 0 Å². The van der Waals surface area contributed by atoms with Gasteiger partial charge in [0.15, 0.2) is 0 Å². The smallest absolute Gasteiger partial charge is 0.0236 e. The van der Waals surface area contributed by atoms with Crippen LogP contribution in [-0.2, 0) is 25.7 Å². The van der Waals surface area contributed by atoms with Gasteiger partial charge in [-0.25, -0.2) is 0 Å². The fourth-order valence-corrected chi connectivity index (χ4v) is 2.70. The highest BCUT2D eigenvalue weighted by molar-refractivity contribution is 5.34. The zero-order valence-electron chi connectivity index (χ0n) is 10.4. The van der Waals surface area contributed by atoms with Crippen molar-refractivity contribution < 1.29 is 0 Å². The van der Waals surface area contributed by atoms with Gasteiger partial charge in [0.05, 0.1) is 0 Å². The summed E-state index contributed by atoms with van der Waals surface area (Å²) in [6, 6.07) is 16.1. The lowest BCUT2D eigenvalue weighted by Crippen LogP contribution is -1.94. The summed E-state index contributed by atoms with van der Waals surface area (Å²) in [6.07, 6.45) is 4.64. The van der Waals surface area contributed by atoms with E-state index in [9.17, 15) is 0 Å². The topological polar surface area (TPSA) is 0 Å². The van der Waals surface area contributed by atoms with Gasteiger partial charge >= 0.3 is 0 Å². The van der Waals surface area contributed by atoms with Gasteiger partial charge in [0, 0.05) is 0 Å². The molecule has 2 aliphatic carbocycles. The van der Waals surface area contributed by atoms with Crippen molar-refractivity contribution in [1.82, 2.24) is 0 Å². The molecule has 0 spiro atoms. The second-order valence-corrected chi connectivity index (χ2v) is 5.08. The average molecular weight is 222 g/mol. The van der Waals surface area contributed by atoms with E-state index in [1.807, 2.05) is 0 Å². The number of benzene rings is 2. The maximum Gasteiger partial charge on any atom is -0.0236 e. The molecule has 0 saturated heterocycles. The summed E-state index contributed by atoms with van der Waals surface area (Å²) in [5.74, 6) is 0. The van der Waals surface area contributed by atoms with Crippen molar-refractivity contribution in [2.75, 3.05) is 0 Å². The Morgan fingerprint density at radius 1 is 0.706 bits per heavy atom. The summed E-state index contributed by atoms with van der Waals surface area (Å²) in [5.41, 5.74) is 7.38. The fraction of sp³-hybridized carbons (Fsp3) is 0.294. The van der Waals surface area contributed by atoms with E-state index in [0.29, 0.717) is 0 Å². The molecule has 0 saturated carbocycles. The zero-order valence-corrected chi connectivity index (χ0v) is 10.4. The van der Waals surface area contributed by atoms with E-state index < -0.39 is 0 Å². The van der Waals surface area contributed by atoms with Gasteiger partial charge in [-0.2, -0.15) is 0 Å². The van der Waals surface area contributed by atoms with Crippen molar-refractivity contribution in [2.45, 2.75) is 32.6 Å². The summed E-state index contributed by atoms with van der Waals surface area (Å²) >= 11 is 0. The van der Waals surface area contributed by atoms with Crippen LogP contribution in [0.3, 0.4) is 0 Å². The first kappa shape index (κ1) is 10.6. The molecular weight excluding hydrogens is 204 g/mol. The number of fused-ring (bicyclic) bond motifs is 4. The third-order valence-electron chi connectivity index (χ3n) is 3.78. The van der Waals surface area contributed by atoms with Crippen molar-refractivity contribution in [3.05, 3.63) is 70.3 Å². The summed E-state index contributed by atoms with van der Waals surface area (Å²) in [4.78, 5) is 0. The van der Waals surface area contributed by atoms with Crippen LogP contribution in [0, 0.1) is 6.92 Å². The molecule has 0 fully saturated rings. The Hall–Kier alpha value is -1.56. The van der Waals surface area contributed by atoms with Gasteiger partial charge < -0.3 is 0 Å². The van der Waals surface area contributed by atoms with Gasteiger partial charge in [0.2, 0.25) is 0 Å². The minimum Gasteiger partial charge on any atom is -0.0617 e. The first-order valence-corrected chi connectivity index (χ1v) is 6.47. The lowest BCUT2D eigenvalue weighted by atomic mass is 9.99. The van der Waals surface area contributed by atoms with Crippen molar-refractivity contribution in [3.63, 3.8) is 0 Å². The molecule has 0 aromatic heterocycles. The minimum atomic E-state index is 1.16. The first-order chi connectivity index (χ1) is 8.31. The van der Waals surface area contributed by atoms with Gasteiger partial charge in [-0.1, -0.05) is 42.5 Å². The summed E-state index contributed by atoms with van der Waals surface area (Å²) in [6.45, 7) is 2.24. The normalized spacial score (nSPS) is 14.4. The highest BCUT2D eigenvalue weighted by Crippen LogP contribution is 2.18. The fourth-order valence-electron chi connectivity index (χ4n) is 2.70. The predicted octanol–water partition coefficient (Wildman–Crippen LogP) is 3.88. The van der Waals surface area contributed by atoms with Gasteiger partial charge in [0.1, 0.15) is 0 Å². The number of aryl methyl sites for hydroxylation is 5. The Labute approximate surface area is 103 Å². The van der Waals surface area contributed by atoms with Crippen LogP contribution in [0.15, 0.2) is 42.5 Å². The molecule has 0 N–H and O–H groups in total. The molecule has 86 valence electrons. The molecule has 4 rings (SSSR count). The molecule has 0 heteroatoms. The van der Waals surface area contributed by atoms with Crippen molar-refractivity contribution in [2.24, 2.45) is 0 Å². The second kappa shape index (κ2) is 4.37. The third kappa shape index (κ3) is 2.26. The Balaban J connectivity index is 2.02. The lowest BCUT2D eigenvalue weighted by molar-refractivity contribution is 0.946. The van der Waals surface area contributed by atoms with Crippen LogP contribution in [0.2, 0.25) is 0 Å². The maximum absolute atomic E-state index is 2.38. The number of rotatable bonds is 0. The summed E-state index contributed by atoms with van der Waals surface area (Å²) < 4.78 is 0. The quantitative estimate of drug-likeness (QED) is 0.634. The predicted molar refractivity (Wildman–Crippen MR) is 72.4 cm³/mol. The van der Waals surface area contributed by atoms with Crippen molar-refractivity contribution >= 4 is 0 Å². The van der Waals surface area contributed by atoms with Crippen LogP contribution in [0.5, 0.6) is 0 Å². The largest absolute Gasteiger partial charge is 0.0617 e. The summed E-state index contributed by atoms with van der Waals surface area (Å²) in [5, 5.41) is 0. The van der Waals surface area contributed by atoms with E-state index in [2.05, 4.69) is 49.4 Å². The molecule has 0 aliphatic heterocycles. The molecule has 0 amide bonds. The molecule has 17 heavy (non-hydrogen) atoms. The molecule has 2 aromatic rings. The van der Waals surface area contributed by atoms with Gasteiger partial charge in [0.25, 0.3) is 0 Å². The van der Waals surface area contributed by atoms with Crippen molar-refractivity contribution in [3.8, 4) is 0 Å². The lowest BCUT2D eigenvalue weighted by Gasteiger charge is -2.07. The molecule has 0 radical (unpaired) electrons. The van der Waals surface area contributed by atoms with Gasteiger partial charge in [-0.05, 0) is 60.4 Å². The minimum absolute atomic E-state index is 1.16. The van der Waals surface area contributed by atoms with E-state index in [-0.39, 0.29) is 0 Å². The Morgan fingerprint density at radius 3 is 2.06 bits per heavy atom. The molecule has 4 bridgehead atoms. The third-order valence-corrected chi connectivity index (χ3v) is 3.78. The highest BCUT2D eigenvalue weighted by Gasteiger charge is 2.05. The van der Waals surface area contributed by atoms with Gasteiger partial charge in [-0.3, -0.25) is 0 Å². The van der Waals surface area contributed by atoms with Crippen LogP contribution in [0.1, 0.15) is 27.8 Å². The SMILES string of the molecule is Cc1cc2ccc1CCc1cccc(c1)CC2. The number of hydrogen-bond donors (Lipinski definition) is 0. The van der Waals surface area contributed by atoms with E-state index in [0.717, 1.165) is 25.7 Å². The highest BCUT2D eigenvalue weighted by atomic mass is 14.1. The number of hydrogen-bond acceptors (Lipinski definition) is 0.